The lowest BCUT2D eigenvalue weighted by molar-refractivity contribution is -0.124. The number of para-hydroxylation sites is 2. The van der Waals surface area contributed by atoms with Gasteiger partial charge < -0.3 is 10.1 Å². The fourth-order valence-electron chi connectivity index (χ4n) is 4.22. The van der Waals surface area contributed by atoms with Gasteiger partial charge in [-0.1, -0.05) is 23.7 Å². The van der Waals surface area contributed by atoms with Crippen LogP contribution in [0.25, 0.3) is 11.0 Å². The molecule has 0 aliphatic carbocycles. The monoisotopic (exact) mass is 442 g/mol. The summed E-state index contributed by atoms with van der Waals surface area (Å²) in [7, 11) is 0. The molecule has 0 bridgehead atoms. The Morgan fingerprint density at radius 1 is 1.29 bits per heavy atom. The summed E-state index contributed by atoms with van der Waals surface area (Å²) < 4.78 is 20.9. The number of nitrogens with zero attached hydrogens (tertiary/aromatic N) is 3. The zero-order chi connectivity index (χ0) is 21.5. The third kappa shape index (κ3) is 3.66. The van der Waals surface area contributed by atoms with Gasteiger partial charge in [-0.2, -0.15) is 0 Å². The highest BCUT2D eigenvalue weighted by Gasteiger charge is 2.42. The lowest BCUT2D eigenvalue weighted by atomic mass is 10.1. The average Bonchev–Trinajstić information content (AvgIpc) is 3.45. The van der Waals surface area contributed by atoms with E-state index in [0.717, 1.165) is 23.9 Å². The van der Waals surface area contributed by atoms with Crippen molar-refractivity contribution in [1.82, 2.24) is 9.55 Å². The molecule has 0 spiro atoms. The zero-order valence-corrected chi connectivity index (χ0v) is 17.3. The number of rotatable bonds is 5. The molecule has 1 saturated heterocycles. The Labute approximate surface area is 182 Å². The number of aromatic nitrogens is 2. The number of carbonyl (C=O) groups is 2. The van der Waals surface area contributed by atoms with Crippen LogP contribution in [0, 0.1) is 5.82 Å². The van der Waals surface area contributed by atoms with Crippen LogP contribution in [0.4, 0.5) is 16.0 Å². The fraction of sp³-hybridized carbons (Fsp3) is 0.318. The van der Waals surface area contributed by atoms with Crippen LogP contribution in [0.5, 0.6) is 0 Å². The molecule has 2 atom stereocenters. The molecule has 2 amide bonds. The van der Waals surface area contributed by atoms with Gasteiger partial charge in [0.15, 0.2) is 0 Å². The number of benzene rings is 2. The number of amides is 2. The molecule has 9 heteroatoms. The van der Waals surface area contributed by atoms with Crippen molar-refractivity contribution in [3.63, 3.8) is 0 Å². The molecular weight excluding hydrogens is 423 g/mol. The number of imidazole rings is 1. The van der Waals surface area contributed by atoms with Gasteiger partial charge in [-0.25, -0.2) is 9.37 Å². The van der Waals surface area contributed by atoms with Crippen LogP contribution in [0.3, 0.4) is 0 Å². The first kappa shape index (κ1) is 20.0. The topological polar surface area (TPSA) is 76.5 Å². The summed E-state index contributed by atoms with van der Waals surface area (Å²) in [6, 6.07) is 10.8. The Kier molecular flexibility index (Phi) is 5.11. The molecule has 3 heterocycles. The Bertz CT molecular complexity index is 1170. The van der Waals surface area contributed by atoms with Crippen LogP contribution in [-0.2, 0) is 14.3 Å². The Balaban J connectivity index is 1.43. The van der Waals surface area contributed by atoms with Gasteiger partial charge in [0.2, 0.25) is 11.9 Å². The van der Waals surface area contributed by atoms with Crippen LogP contribution in [0.15, 0.2) is 42.5 Å². The maximum absolute atomic E-state index is 13.4. The molecule has 2 aromatic carbocycles. The summed E-state index contributed by atoms with van der Waals surface area (Å²) in [5.41, 5.74) is 1.93. The first-order valence-corrected chi connectivity index (χ1v) is 10.5. The lowest BCUT2D eigenvalue weighted by Crippen LogP contribution is -2.37. The van der Waals surface area contributed by atoms with Gasteiger partial charge in [-0.05, 0) is 43.2 Å². The predicted octanol–water partition coefficient (Wildman–Crippen LogP) is 3.92. The standard InChI is InChI=1S/C22H20ClFN4O3/c23-15-10-13(7-8-16(15)24)25-20(29)11-19-21(30)27(12-14-4-3-9-31-14)22-26-17-5-1-2-6-18(17)28(19)22/h1-2,5-8,10,14,19H,3-4,9,11-12H2,(H,25,29)/t14-,19-/m1/s1. The SMILES string of the molecule is O=C(C[C@@H]1C(=O)N(C[C@H]2CCCO2)c2nc3ccccc3n21)Nc1ccc(F)c(Cl)c1. The molecule has 31 heavy (non-hydrogen) atoms. The van der Waals surface area contributed by atoms with Crippen LogP contribution >= 0.6 is 11.6 Å². The molecule has 1 fully saturated rings. The third-order valence-corrected chi connectivity index (χ3v) is 5.96. The normalized spacial score (nSPS) is 20.5. The number of fused-ring (bicyclic) bond motifs is 3. The molecule has 2 aliphatic heterocycles. The minimum absolute atomic E-state index is 0.0360. The summed E-state index contributed by atoms with van der Waals surface area (Å²) in [6.07, 6.45) is 1.74. The minimum Gasteiger partial charge on any atom is -0.376 e. The zero-order valence-electron chi connectivity index (χ0n) is 16.6. The van der Waals surface area contributed by atoms with Crippen molar-refractivity contribution in [3.8, 4) is 0 Å². The van der Waals surface area contributed by atoms with Gasteiger partial charge in [0, 0.05) is 12.3 Å². The van der Waals surface area contributed by atoms with Crippen LogP contribution < -0.4 is 10.2 Å². The summed E-state index contributed by atoms with van der Waals surface area (Å²) in [5, 5.41) is 2.61. The highest BCUT2D eigenvalue weighted by atomic mass is 35.5. The van der Waals surface area contributed by atoms with Crippen molar-refractivity contribution in [2.75, 3.05) is 23.4 Å². The quantitative estimate of drug-likeness (QED) is 0.649. The first-order chi connectivity index (χ1) is 15.0. The van der Waals surface area contributed by atoms with E-state index in [2.05, 4.69) is 10.3 Å². The number of anilines is 2. The molecule has 0 unspecified atom stereocenters. The van der Waals surface area contributed by atoms with E-state index in [0.29, 0.717) is 24.8 Å². The number of hydrogen-bond donors (Lipinski definition) is 1. The molecular formula is C22H20ClFN4O3. The highest BCUT2D eigenvalue weighted by molar-refractivity contribution is 6.31. The maximum Gasteiger partial charge on any atom is 0.253 e. The molecule has 2 aliphatic rings. The highest BCUT2D eigenvalue weighted by Crippen LogP contribution is 2.37. The molecule has 3 aromatic rings. The van der Waals surface area contributed by atoms with Crippen LogP contribution in [0.2, 0.25) is 5.02 Å². The molecule has 0 radical (unpaired) electrons. The lowest BCUT2D eigenvalue weighted by Gasteiger charge is -2.19. The molecule has 160 valence electrons. The van der Waals surface area contributed by atoms with E-state index < -0.39 is 11.9 Å². The molecule has 1 aromatic heterocycles. The van der Waals surface area contributed by atoms with Crippen molar-refractivity contribution in [3.05, 3.63) is 53.3 Å². The number of ether oxygens (including phenoxy) is 1. The second-order valence-electron chi connectivity index (χ2n) is 7.75. The predicted molar refractivity (Wildman–Crippen MR) is 115 cm³/mol. The maximum atomic E-state index is 13.4. The van der Waals surface area contributed by atoms with E-state index >= 15 is 0 Å². The summed E-state index contributed by atoms with van der Waals surface area (Å²) in [5.74, 6) is -0.589. The van der Waals surface area contributed by atoms with E-state index in [-0.39, 0.29) is 29.4 Å². The first-order valence-electron chi connectivity index (χ1n) is 10.2. The van der Waals surface area contributed by atoms with E-state index in [1.54, 1.807) is 4.90 Å². The van der Waals surface area contributed by atoms with Crippen molar-refractivity contribution in [2.24, 2.45) is 0 Å². The van der Waals surface area contributed by atoms with Gasteiger partial charge in [-0.15, -0.1) is 0 Å². The fourth-order valence-corrected chi connectivity index (χ4v) is 4.40. The second-order valence-corrected chi connectivity index (χ2v) is 8.16. The molecule has 0 saturated carbocycles. The molecule has 5 rings (SSSR count). The van der Waals surface area contributed by atoms with Gasteiger partial charge >= 0.3 is 0 Å². The van der Waals surface area contributed by atoms with Crippen molar-refractivity contribution < 1.29 is 18.7 Å². The van der Waals surface area contributed by atoms with Crippen LogP contribution in [0.1, 0.15) is 25.3 Å². The van der Waals surface area contributed by atoms with Crippen molar-refractivity contribution >= 4 is 46.1 Å². The third-order valence-electron chi connectivity index (χ3n) is 5.67. The Hall–Kier alpha value is -2.97. The second kappa shape index (κ2) is 7.94. The summed E-state index contributed by atoms with van der Waals surface area (Å²) in [6.45, 7) is 1.10. The molecule has 1 N–H and O–H groups in total. The largest absolute Gasteiger partial charge is 0.376 e. The Morgan fingerprint density at radius 2 is 2.13 bits per heavy atom. The van der Waals surface area contributed by atoms with E-state index in [4.69, 9.17) is 16.3 Å². The van der Waals surface area contributed by atoms with Crippen LogP contribution in [-0.4, -0.2) is 40.6 Å². The van der Waals surface area contributed by atoms with Crippen molar-refractivity contribution in [2.45, 2.75) is 31.4 Å². The van der Waals surface area contributed by atoms with Gasteiger partial charge in [0.05, 0.1) is 35.1 Å². The van der Waals surface area contributed by atoms with Gasteiger partial charge in [-0.3, -0.25) is 19.1 Å². The number of carbonyl (C=O) groups excluding carboxylic acids is 2. The van der Waals surface area contributed by atoms with E-state index in [1.807, 2.05) is 28.8 Å². The van der Waals surface area contributed by atoms with Gasteiger partial charge in [0.1, 0.15) is 11.9 Å². The number of nitrogens with one attached hydrogen (secondary N) is 1. The smallest absolute Gasteiger partial charge is 0.253 e. The minimum atomic E-state index is -0.722. The van der Waals surface area contributed by atoms with E-state index in [9.17, 15) is 14.0 Å². The van der Waals surface area contributed by atoms with Crippen molar-refractivity contribution in [1.29, 1.82) is 0 Å². The Morgan fingerprint density at radius 3 is 2.90 bits per heavy atom. The van der Waals surface area contributed by atoms with Gasteiger partial charge in [0.25, 0.3) is 5.91 Å². The average molecular weight is 443 g/mol. The number of hydrogen-bond acceptors (Lipinski definition) is 4. The summed E-state index contributed by atoms with van der Waals surface area (Å²) >= 11 is 5.80. The van der Waals surface area contributed by atoms with E-state index in [1.165, 1.54) is 18.2 Å². The summed E-state index contributed by atoms with van der Waals surface area (Å²) in [4.78, 5) is 32.3. The molecule has 7 nitrogen and oxygen atoms in total. The number of halogens is 2.